The van der Waals surface area contributed by atoms with Crippen molar-refractivity contribution in [2.24, 2.45) is 0 Å². The van der Waals surface area contributed by atoms with Crippen LogP contribution in [0.1, 0.15) is 33.0 Å². The van der Waals surface area contributed by atoms with Crippen molar-refractivity contribution in [3.8, 4) is 0 Å². The highest BCUT2D eigenvalue weighted by atomic mass is 16.3. The van der Waals surface area contributed by atoms with E-state index in [9.17, 15) is 0 Å². The van der Waals surface area contributed by atoms with Gasteiger partial charge < -0.3 is 9.73 Å². The molecule has 2 rings (SSSR count). The van der Waals surface area contributed by atoms with Crippen LogP contribution in [0.5, 0.6) is 0 Å². The van der Waals surface area contributed by atoms with E-state index in [0.29, 0.717) is 6.04 Å². The number of hydrogen-bond donors (Lipinski definition) is 1. The first-order chi connectivity index (χ1) is 7.59. The third-order valence-electron chi connectivity index (χ3n) is 3.51. The van der Waals surface area contributed by atoms with Crippen LogP contribution < -0.4 is 5.32 Å². The van der Waals surface area contributed by atoms with Gasteiger partial charge in [-0.3, -0.25) is 4.90 Å². The lowest BCUT2D eigenvalue weighted by Crippen LogP contribution is -2.50. The fraction of sp³-hybridized carbons (Fsp3) is 0.692. The fourth-order valence-corrected chi connectivity index (χ4v) is 2.50. The number of rotatable bonds is 2. The SMILES string of the molecule is CC1CCNCC(C)(C)N1Cc1ccco1. The average molecular weight is 222 g/mol. The van der Waals surface area contributed by atoms with Gasteiger partial charge in [0.15, 0.2) is 0 Å². The Bertz CT molecular complexity index is 319. The van der Waals surface area contributed by atoms with Crippen LogP contribution in [0.4, 0.5) is 0 Å². The number of nitrogens with zero attached hydrogens (tertiary/aromatic N) is 1. The van der Waals surface area contributed by atoms with Gasteiger partial charge in [0.25, 0.3) is 0 Å². The van der Waals surface area contributed by atoms with Crippen LogP contribution in [-0.2, 0) is 6.54 Å². The topological polar surface area (TPSA) is 28.4 Å². The Kier molecular flexibility index (Phi) is 3.36. The molecule has 0 spiro atoms. The van der Waals surface area contributed by atoms with E-state index in [-0.39, 0.29) is 5.54 Å². The van der Waals surface area contributed by atoms with Gasteiger partial charge in [-0.05, 0) is 45.9 Å². The van der Waals surface area contributed by atoms with Crippen LogP contribution in [-0.4, -0.2) is 29.6 Å². The quantitative estimate of drug-likeness (QED) is 0.832. The summed E-state index contributed by atoms with van der Waals surface area (Å²) in [5.74, 6) is 1.06. The lowest BCUT2D eigenvalue weighted by molar-refractivity contribution is 0.0719. The van der Waals surface area contributed by atoms with E-state index in [2.05, 4.69) is 37.1 Å². The molecule has 0 radical (unpaired) electrons. The minimum atomic E-state index is 0.183. The summed E-state index contributed by atoms with van der Waals surface area (Å²) in [6.45, 7) is 9.95. The predicted molar refractivity (Wildman–Crippen MR) is 65.3 cm³/mol. The molecule has 2 heterocycles. The molecule has 0 saturated carbocycles. The number of nitrogens with one attached hydrogen (secondary N) is 1. The van der Waals surface area contributed by atoms with E-state index >= 15 is 0 Å². The Labute approximate surface area is 97.8 Å². The summed E-state index contributed by atoms with van der Waals surface area (Å²) in [5.41, 5.74) is 0.183. The third kappa shape index (κ3) is 2.47. The Morgan fingerprint density at radius 2 is 2.38 bits per heavy atom. The second-order valence-corrected chi connectivity index (χ2v) is 5.33. The maximum absolute atomic E-state index is 5.46. The van der Waals surface area contributed by atoms with Crippen LogP contribution >= 0.6 is 0 Å². The van der Waals surface area contributed by atoms with Crippen LogP contribution in [0.15, 0.2) is 22.8 Å². The van der Waals surface area contributed by atoms with Gasteiger partial charge in [0.05, 0.1) is 12.8 Å². The van der Waals surface area contributed by atoms with Gasteiger partial charge in [0.2, 0.25) is 0 Å². The fourth-order valence-electron chi connectivity index (χ4n) is 2.50. The average Bonchev–Trinajstić information content (AvgIpc) is 2.69. The summed E-state index contributed by atoms with van der Waals surface area (Å²) >= 11 is 0. The van der Waals surface area contributed by atoms with Crippen molar-refractivity contribution in [2.45, 2.75) is 45.3 Å². The van der Waals surface area contributed by atoms with Gasteiger partial charge in [-0.15, -0.1) is 0 Å². The number of hydrogen-bond acceptors (Lipinski definition) is 3. The lowest BCUT2D eigenvalue weighted by Gasteiger charge is -2.40. The molecule has 0 amide bonds. The van der Waals surface area contributed by atoms with Crippen LogP contribution in [0.2, 0.25) is 0 Å². The minimum absolute atomic E-state index is 0.183. The maximum atomic E-state index is 5.46. The Hall–Kier alpha value is -0.800. The largest absolute Gasteiger partial charge is 0.468 e. The predicted octanol–water partition coefficient (Wildman–Crippen LogP) is 2.24. The van der Waals surface area contributed by atoms with Gasteiger partial charge in [-0.1, -0.05) is 0 Å². The molecule has 1 aliphatic heterocycles. The molecule has 16 heavy (non-hydrogen) atoms. The zero-order chi connectivity index (χ0) is 11.6. The molecule has 1 aromatic rings. The first kappa shape index (κ1) is 11.7. The molecule has 1 fully saturated rings. The summed E-state index contributed by atoms with van der Waals surface area (Å²) in [6, 6.07) is 4.61. The van der Waals surface area contributed by atoms with Crippen LogP contribution in [0.25, 0.3) is 0 Å². The molecular weight excluding hydrogens is 200 g/mol. The summed E-state index contributed by atoms with van der Waals surface area (Å²) in [5, 5.41) is 3.51. The van der Waals surface area contributed by atoms with E-state index in [4.69, 9.17) is 4.42 Å². The Balaban J connectivity index is 2.13. The third-order valence-corrected chi connectivity index (χ3v) is 3.51. The zero-order valence-corrected chi connectivity index (χ0v) is 10.5. The van der Waals surface area contributed by atoms with Crippen molar-refractivity contribution in [3.63, 3.8) is 0 Å². The molecule has 90 valence electrons. The van der Waals surface area contributed by atoms with E-state index in [1.54, 1.807) is 6.26 Å². The zero-order valence-electron chi connectivity index (χ0n) is 10.5. The summed E-state index contributed by atoms with van der Waals surface area (Å²) in [7, 11) is 0. The van der Waals surface area contributed by atoms with Crippen molar-refractivity contribution >= 4 is 0 Å². The standard InChI is InChI=1S/C13H22N2O/c1-11-6-7-14-10-13(2,3)15(11)9-12-5-4-8-16-12/h4-5,8,11,14H,6-7,9-10H2,1-3H3. The molecule has 0 aliphatic carbocycles. The molecule has 1 unspecified atom stereocenters. The highest BCUT2D eigenvalue weighted by Gasteiger charge is 2.32. The van der Waals surface area contributed by atoms with E-state index in [1.165, 1.54) is 6.42 Å². The van der Waals surface area contributed by atoms with Crippen molar-refractivity contribution < 1.29 is 4.42 Å². The van der Waals surface area contributed by atoms with E-state index < -0.39 is 0 Å². The van der Waals surface area contributed by atoms with Crippen LogP contribution in [0, 0.1) is 0 Å². The smallest absolute Gasteiger partial charge is 0.117 e. The summed E-state index contributed by atoms with van der Waals surface area (Å²) < 4.78 is 5.46. The second-order valence-electron chi connectivity index (χ2n) is 5.33. The van der Waals surface area contributed by atoms with Crippen molar-refractivity contribution in [3.05, 3.63) is 24.2 Å². The molecule has 1 aliphatic rings. The van der Waals surface area contributed by atoms with Crippen molar-refractivity contribution in [1.29, 1.82) is 0 Å². The second kappa shape index (κ2) is 4.60. The van der Waals surface area contributed by atoms with Gasteiger partial charge in [-0.2, -0.15) is 0 Å². The molecule has 1 atom stereocenters. The molecule has 3 nitrogen and oxygen atoms in total. The highest BCUT2D eigenvalue weighted by molar-refractivity contribution is 5.01. The normalized spacial score (nSPS) is 26.6. The van der Waals surface area contributed by atoms with E-state index in [1.807, 2.05) is 6.07 Å². The molecule has 1 aromatic heterocycles. The lowest BCUT2D eigenvalue weighted by atomic mass is 10.0. The summed E-state index contributed by atoms with van der Waals surface area (Å²) in [4.78, 5) is 2.53. The maximum Gasteiger partial charge on any atom is 0.117 e. The van der Waals surface area contributed by atoms with Gasteiger partial charge >= 0.3 is 0 Å². The molecule has 3 heteroatoms. The Morgan fingerprint density at radius 1 is 1.56 bits per heavy atom. The molecule has 1 saturated heterocycles. The molecular formula is C13H22N2O. The monoisotopic (exact) mass is 222 g/mol. The summed E-state index contributed by atoms with van der Waals surface area (Å²) in [6.07, 6.45) is 2.95. The number of furan rings is 1. The van der Waals surface area contributed by atoms with Gasteiger partial charge in [0.1, 0.15) is 5.76 Å². The molecule has 0 bridgehead atoms. The van der Waals surface area contributed by atoms with Crippen molar-refractivity contribution in [1.82, 2.24) is 10.2 Å². The van der Waals surface area contributed by atoms with Gasteiger partial charge in [-0.25, -0.2) is 0 Å². The first-order valence-electron chi connectivity index (χ1n) is 6.09. The van der Waals surface area contributed by atoms with Crippen molar-refractivity contribution in [2.75, 3.05) is 13.1 Å². The van der Waals surface area contributed by atoms with Crippen LogP contribution in [0.3, 0.4) is 0 Å². The Morgan fingerprint density at radius 3 is 3.06 bits per heavy atom. The molecule has 1 N–H and O–H groups in total. The first-order valence-corrected chi connectivity index (χ1v) is 6.09. The van der Waals surface area contributed by atoms with Gasteiger partial charge in [0, 0.05) is 18.1 Å². The highest BCUT2D eigenvalue weighted by Crippen LogP contribution is 2.24. The molecule has 0 aromatic carbocycles. The minimum Gasteiger partial charge on any atom is -0.468 e. The van der Waals surface area contributed by atoms with E-state index in [0.717, 1.165) is 25.4 Å².